The molecule has 0 aliphatic carbocycles. The van der Waals surface area contributed by atoms with Gasteiger partial charge in [0.15, 0.2) is 0 Å². The van der Waals surface area contributed by atoms with Gasteiger partial charge in [-0.3, -0.25) is 4.57 Å². The van der Waals surface area contributed by atoms with Gasteiger partial charge in [0.2, 0.25) is 10.0 Å². The number of imidazole rings is 1. The van der Waals surface area contributed by atoms with Gasteiger partial charge in [0.1, 0.15) is 11.6 Å². The first kappa shape index (κ1) is 24.0. The Hall–Kier alpha value is -3.12. The zero-order valence-corrected chi connectivity index (χ0v) is 19.2. The van der Waals surface area contributed by atoms with Crippen molar-refractivity contribution in [2.45, 2.75) is 24.3 Å². The fourth-order valence-corrected chi connectivity index (χ4v) is 5.42. The number of hydrogen-bond acceptors (Lipinski definition) is 4. The molecule has 0 spiro atoms. The van der Waals surface area contributed by atoms with Crippen LogP contribution in [0.3, 0.4) is 0 Å². The van der Waals surface area contributed by atoms with E-state index in [1.807, 2.05) is 0 Å². The highest BCUT2D eigenvalue weighted by molar-refractivity contribution is 7.89. The van der Waals surface area contributed by atoms with E-state index in [0.29, 0.717) is 11.0 Å². The van der Waals surface area contributed by atoms with Crippen molar-refractivity contribution in [1.82, 2.24) is 24.1 Å². The Balaban J connectivity index is 1.36. The molecule has 3 aromatic rings. The second-order valence-electron chi connectivity index (χ2n) is 8.04. The molecule has 1 atom stereocenters. The number of aromatic nitrogens is 2. The Morgan fingerprint density at radius 2 is 1.79 bits per heavy atom. The predicted molar refractivity (Wildman–Crippen MR) is 120 cm³/mol. The number of benzene rings is 2. The lowest BCUT2D eigenvalue weighted by molar-refractivity contribution is 0.0704. The number of carbonyl (C=O) groups excluding carboxylic acids is 1. The topological polar surface area (TPSA) is 87.5 Å². The smallest absolute Gasteiger partial charge is 0.320 e. The standard InChI is InChI=1S/C22H24F3N5O3S/c1-15(20-27-18-7-2-3-8-19(18)30(20)21(24)25)14-26-22(31)28-9-11-29(12-10-28)34(32,33)17-6-4-5-16(23)13-17/h2-8,13,15,21H,9-12,14H2,1H3,(H,26,31)/t15-/m1/s1. The molecular weight excluding hydrogens is 471 g/mol. The van der Waals surface area contributed by atoms with E-state index in [9.17, 15) is 26.4 Å². The number of para-hydroxylation sites is 2. The van der Waals surface area contributed by atoms with Gasteiger partial charge in [-0.15, -0.1) is 0 Å². The minimum absolute atomic E-state index is 0.0585. The zero-order valence-electron chi connectivity index (χ0n) is 18.4. The monoisotopic (exact) mass is 495 g/mol. The summed E-state index contributed by atoms with van der Waals surface area (Å²) in [6.07, 6.45) is 0. The molecule has 182 valence electrons. The van der Waals surface area contributed by atoms with Gasteiger partial charge < -0.3 is 10.2 Å². The summed E-state index contributed by atoms with van der Waals surface area (Å²) in [4.78, 5) is 18.3. The van der Waals surface area contributed by atoms with Crippen molar-refractivity contribution in [1.29, 1.82) is 0 Å². The average Bonchev–Trinajstić information content (AvgIpc) is 3.22. The fraction of sp³-hybridized carbons (Fsp3) is 0.364. The number of alkyl halides is 2. The molecule has 0 saturated carbocycles. The molecule has 1 aliphatic heterocycles. The minimum atomic E-state index is -3.87. The maximum Gasteiger partial charge on any atom is 0.320 e. The van der Waals surface area contributed by atoms with Crippen molar-refractivity contribution >= 4 is 27.1 Å². The van der Waals surface area contributed by atoms with Crippen LogP contribution in [0, 0.1) is 5.82 Å². The van der Waals surface area contributed by atoms with E-state index in [0.717, 1.165) is 10.6 Å². The van der Waals surface area contributed by atoms with Crippen LogP contribution in [0.1, 0.15) is 25.2 Å². The number of amides is 2. The minimum Gasteiger partial charge on any atom is -0.337 e. The molecule has 2 amide bonds. The molecule has 2 heterocycles. The number of halogens is 3. The van der Waals surface area contributed by atoms with Gasteiger partial charge in [-0.2, -0.15) is 13.1 Å². The number of piperazine rings is 1. The lowest BCUT2D eigenvalue weighted by Crippen LogP contribution is -2.53. The largest absolute Gasteiger partial charge is 0.337 e. The quantitative estimate of drug-likeness (QED) is 0.568. The average molecular weight is 496 g/mol. The van der Waals surface area contributed by atoms with E-state index < -0.39 is 34.3 Å². The molecule has 0 bridgehead atoms. The number of rotatable bonds is 6. The number of fused-ring (bicyclic) bond motifs is 1. The van der Waals surface area contributed by atoms with Crippen LogP contribution in [-0.2, 0) is 10.0 Å². The third kappa shape index (κ3) is 4.73. The first-order valence-electron chi connectivity index (χ1n) is 10.7. The predicted octanol–water partition coefficient (Wildman–Crippen LogP) is 3.39. The fourth-order valence-electron chi connectivity index (χ4n) is 3.97. The van der Waals surface area contributed by atoms with Gasteiger partial charge in [0.05, 0.1) is 15.9 Å². The summed E-state index contributed by atoms with van der Waals surface area (Å²) in [6, 6.07) is 11.0. The Morgan fingerprint density at radius 1 is 1.09 bits per heavy atom. The SMILES string of the molecule is C[C@H](CNC(=O)N1CCN(S(=O)(=O)c2cccc(F)c2)CC1)c1nc2ccccc2n1C(F)F. The van der Waals surface area contributed by atoms with E-state index >= 15 is 0 Å². The molecular formula is C22H24F3N5O3S. The zero-order chi connectivity index (χ0) is 24.5. The number of nitrogens with zero attached hydrogens (tertiary/aromatic N) is 4. The Morgan fingerprint density at radius 3 is 2.47 bits per heavy atom. The van der Waals surface area contributed by atoms with Crippen molar-refractivity contribution in [2.24, 2.45) is 0 Å². The van der Waals surface area contributed by atoms with Gasteiger partial charge in [-0.1, -0.05) is 25.1 Å². The third-order valence-corrected chi connectivity index (χ3v) is 7.67. The molecule has 1 N–H and O–H groups in total. The van der Waals surface area contributed by atoms with E-state index in [-0.39, 0.29) is 43.4 Å². The van der Waals surface area contributed by atoms with Crippen molar-refractivity contribution < 1.29 is 26.4 Å². The Kier molecular flexibility index (Phi) is 6.80. The Labute approximate surface area is 195 Å². The van der Waals surface area contributed by atoms with Gasteiger partial charge >= 0.3 is 12.6 Å². The maximum absolute atomic E-state index is 13.7. The highest BCUT2D eigenvalue weighted by Crippen LogP contribution is 2.27. The number of hydrogen-bond donors (Lipinski definition) is 1. The van der Waals surface area contributed by atoms with Crippen LogP contribution in [0.5, 0.6) is 0 Å². The first-order chi connectivity index (χ1) is 16.2. The van der Waals surface area contributed by atoms with Crippen LogP contribution in [0.15, 0.2) is 53.4 Å². The van der Waals surface area contributed by atoms with Gasteiger partial charge in [0, 0.05) is 38.6 Å². The van der Waals surface area contributed by atoms with Crippen molar-refractivity contribution in [3.63, 3.8) is 0 Å². The lowest BCUT2D eigenvalue weighted by atomic mass is 10.1. The van der Waals surface area contributed by atoms with Gasteiger partial charge in [0.25, 0.3) is 0 Å². The van der Waals surface area contributed by atoms with E-state index in [1.54, 1.807) is 31.2 Å². The molecule has 1 saturated heterocycles. The lowest BCUT2D eigenvalue weighted by Gasteiger charge is -2.34. The highest BCUT2D eigenvalue weighted by atomic mass is 32.2. The first-order valence-corrected chi connectivity index (χ1v) is 12.2. The summed E-state index contributed by atoms with van der Waals surface area (Å²) >= 11 is 0. The molecule has 1 aliphatic rings. The van der Waals surface area contributed by atoms with Gasteiger partial charge in [-0.05, 0) is 30.3 Å². The second kappa shape index (κ2) is 9.63. The normalized spacial score (nSPS) is 16.2. The molecule has 4 rings (SSSR count). The molecule has 34 heavy (non-hydrogen) atoms. The van der Waals surface area contributed by atoms with Crippen LogP contribution in [0.25, 0.3) is 11.0 Å². The number of nitrogens with one attached hydrogen (secondary N) is 1. The Bertz CT molecular complexity index is 1290. The number of carbonyl (C=O) groups is 1. The van der Waals surface area contributed by atoms with Crippen LogP contribution in [0.2, 0.25) is 0 Å². The molecule has 12 heteroatoms. The number of sulfonamides is 1. The third-order valence-electron chi connectivity index (χ3n) is 5.78. The summed E-state index contributed by atoms with van der Waals surface area (Å²) in [5.41, 5.74) is 0.771. The summed E-state index contributed by atoms with van der Waals surface area (Å²) in [5, 5.41) is 2.73. The molecule has 1 fully saturated rings. The summed E-state index contributed by atoms with van der Waals surface area (Å²) in [7, 11) is -3.87. The molecule has 1 aromatic heterocycles. The summed E-state index contributed by atoms with van der Waals surface area (Å²) in [5.74, 6) is -0.962. The molecule has 2 aromatic carbocycles. The maximum atomic E-state index is 13.7. The van der Waals surface area contributed by atoms with E-state index in [2.05, 4.69) is 10.3 Å². The van der Waals surface area contributed by atoms with E-state index in [4.69, 9.17) is 0 Å². The molecule has 8 nitrogen and oxygen atoms in total. The summed E-state index contributed by atoms with van der Waals surface area (Å²) in [6.45, 7) is -0.588. The van der Waals surface area contributed by atoms with Gasteiger partial charge in [-0.25, -0.2) is 22.6 Å². The van der Waals surface area contributed by atoms with Crippen LogP contribution >= 0.6 is 0 Å². The van der Waals surface area contributed by atoms with Crippen LogP contribution in [0.4, 0.5) is 18.0 Å². The number of urea groups is 1. The van der Waals surface area contributed by atoms with Crippen molar-refractivity contribution in [3.05, 3.63) is 60.2 Å². The van der Waals surface area contributed by atoms with Crippen molar-refractivity contribution in [3.8, 4) is 0 Å². The second-order valence-corrected chi connectivity index (χ2v) is 9.98. The molecule has 0 unspecified atom stereocenters. The highest BCUT2D eigenvalue weighted by Gasteiger charge is 2.30. The van der Waals surface area contributed by atoms with Crippen molar-refractivity contribution in [2.75, 3.05) is 32.7 Å². The van der Waals surface area contributed by atoms with E-state index in [1.165, 1.54) is 27.4 Å². The molecule has 0 radical (unpaired) electrons. The van der Waals surface area contributed by atoms with Crippen LogP contribution in [-0.4, -0.2) is 65.9 Å². The summed E-state index contributed by atoms with van der Waals surface area (Å²) < 4.78 is 68.3. The van der Waals surface area contributed by atoms with Crippen LogP contribution < -0.4 is 5.32 Å².